The number of hydrogen-bond acceptors (Lipinski definition) is 5. The molecule has 0 saturated heterocycles. The first-order valence-electron chi connectivity index (χ1n) is 7.02. The Morgan fingerprint density at radius 3 is 1.81 bits per heavy atom. The Kier molecular flexibility index (Phi) is 6.86. The third-order valence-corrected chi connectivity index (χ3v) is 2.13. The van der Waals surface area contributed by atoms with Gasteiger partial charge in [-0.15, -0.1) is 0 Å². The van der Waals surface area contributed by atoms with Crippen molar-refractivity contribution >= 4 is 17.8 Å². The van der Waals surface area contributed by atoms with Crippen molar-refractivity contribution in [2.45, 2.75) is 78.6 Å². The maximum Gasteiger partial charge on any atom is 0.329 e. The van der Waals surface area contributed by atoms with Gasteiger partial charge >= 0.3 is 11.9 Å². The van der Waals surface area contributed by atoms with Gasteiger partial charge in [0.15, 0.2) is 0 Å². The number of carbonyl (C=O) groups excluding carboxylic acids is 3. The summed E-state index contributed by atoms with van der Waals surface area (Å²) in [6.07, 6.45) is 0.171. The normalized spacial score (nSPS) is 13.3. The third-order valence-electron chi connectivity index (χ3n) is 2.13. The van der Waals surface area contributed by atoms with E-state index in [1.54, 1.807) is 41.5 Å². The molecule has 0 aliphatic carbocycles. The van der Waals surface area contributed by atoms with Crippen molar-refractivity contribution in [2.75, 3.05) is 0 Å². The predicted octanol–water partition coefficient (Wildman–Crippen LogP) is 1.95. The Morgan fingerprint density at radius 2 is 1.43 bits per heavy atom. The summed E-state index contributed by atoms with van der Waals surface area (Å²) in [5.74, 6) is -1.32. The largest absolute Gasteiger partial charge is 0.460 e. The van der Waals surface area contributed by atoms with Gasteiger partial charge in [0.2, 0.25) is 5.91 Å². The molecule has 6 heteroatoms. The lowest BCUT2D eigenvalue weighted by Crippen LogP contribution is -2.43. The van der Waals surface area contributed by atoms with E-state index < -0.39 is 29.2 Å². The average molecular weight is 301 g/mol. The molecule has 0 radical (unpaired) electrons. The average Bonchev–Trinajstić information content (AvgIpc) is 2.18. The number of rotatable bonds is 5. The number of amides is 1. The van der Waals surface area contributed by atoms with Gasteiger partial charge in [0, 0.05) is 13.3 Å². The molecule has 0 aliphatic rings. The molecule has 1 N–H and O–H groups in total. The standard InChI is InChI=1S/C15H27NO5/c1-10(17)16-11(13(19)21-15(5,6)7)8-9-12(18)20-14(2,3)4/h11H,8-9H2,1-7H3,(H,16,17). The van der Waals surface area contributed by atoms with Crippen molar-refractivity contribution in [3.05, 3.63) is 0 Å². The van der Waals surface area contributed by atoms with Crippen LogP contribution < -0.4 is 5.32 Å². The first-order valence-corrected chi connectivity index (χ1v) is 7.02. The van der Waals surface area contributed by atoms with E-state index in [9.17, 15) is 14.4 Å². The SMILES string of the molecule is CC(=O)NC(CCC(=O)OC(C)(C)C)C(=O)OC(C)(C)C. The minimum Gasteiger partial charge on any atom is -0.460 e. The number of esters is 2. The molecule has 122 valence electrons. The molecule has 0 fully saturated rings. The Hall–Kier alpha value is -1.59. The van der Waals surface area contributed by atoms with Crippen LogP contribution in [0.3, 0.4) is 0 Å². The molecule has 0 aromatic heterocycles. The van der Waals surface area contributed by atoms with Gasteiger partial charge in [-0.3, -0.25) is 9.59 Å². The van der Waals surface area contributed by atoms with E-state index in [1.165, 1.54) is 6.92 Å². The summed E-state index contributed by atoms with van der Waals surface area (Å²) in [5.41, 5.74) is -1.23. The van der Waals surface area contributed by atoms with E-state index in [0.717, 1.165) is 0 Å². The smallest absolute Gasteiger partial charge is 0.329 e. The summed E-state index contributed by atoms with van der Waals surface area (Å²) < 4.78 is 10.4. The van der Waals surface area contributed by atoms with E-state index in [1.807, 2.05) is 0 Å². The minimum atomic E-state index is -0.853. The summed E-state index contributed by atoms with van der Waals surface area (Å²) in [6, 6.07) is -0.853. The monoisotopic (exact) mass is 301 g/mol. The van der Waals surface area contributed by atoms with Crippen LogP contribution >= 0.6 is 0 Å². The maximum absolute atomic E-state index is 12.0. The predicted molar refractivity (Wildman–Crippen MR) is 78.5 cm³/mol. The van der Waals surface area contributed by atoms with E-state index >= 15 is 0 Å². The first kappa shape index (κ1) is 19.4. The highest BCUT2D eigenvalue weighted by molar-refractivity contribution is 5.84. The van der Waals surface area contributed by atoms with Gasteiger partial charge < -0.3 is 14.8 Å². The van der Waals surface area contributed by atoms with E-state index in [4.69, 9.17) is 9.47 Å². The lowest BCUT2D eigenvalue weighted by Gasteiger charge is -2.24. The van der Waals surface area contributed by atoms with Gasteiger partial charge in [-0.25, -0.2) is 4.79 Å². The highest BCUT2D eigenvalue weighted by Gasteiger charge is 2.27. The molecule has 0 rings (SSSR count). The van der Waals surface area contributed by atoms with Crippen molar-refractivity contribution < 1.29 is 23.9 Å². The van der Waals surface area contributed by atoms with E-state index in [-0.39, 0.29) is 18.7 Å². The van der Waals surface area contributed by atoms with Crippen molar-refractivity contribution in [3.63, 3.8) is 0 Å². The van der Waals surface area contributed by atoms with Crippen LogP contribution in [0.1, 0.15) is 61.3 Å². The fourth-order valence-electron chi connectivity index (χ4n) is 1.52. The van der Waals surface area contributed by atoms with Crippen LogP contribution in [-0.2, 0) is 23.9 Å². The molecule has 0 aliphatic heterocycles. The molecule has 0 aromatic carbocycles. The van der Waals surface area contributed by atoms with Crippen LogP contribution in [-0.4, -0.2) is 35.1 Å². The highest BCUT2D eigenvalue weighted by atomic mass is 16.6. The Morgan fingerprint density at radius 1 is 0.952 bits per heavy atom. The van der Waals surface area contributed by atoms with Gasteiger partial charge in [0.25, 0.3) is 0 Å². The van der Waals surface area contributed by atoms with Crippen LogP contribution in [0.25, 0.3) is 0 Å². The molecule has 0 bridgehead atoms. The molecule has 1 amide bonds. The number of carbonyl (C=O) groups is 3. The van der Waals surface area contributed by atoms with Gasteiger partial charge in [-0.05, 0) is 48.0 Å². The number of ether oxygens (including phenoxy) is 2. The van der Waals surface area contributed by atoms with Crippen LogP contribution in [0, 0.1) is 0 Å². The zero-order chi connectivity index (χ0) is 16.8. The highest BCUT2D eigenvalue weighted by Crippen LogP contribution is 2.13. The topological polar surface area (TPSA) is 81.7 Å². The molecule has 6 nitrogen and oxygen atoms in total. The molecule has 0 saturated carbocycles. The van der Waals surface area contributed by atoms with Crippen LogP contribution in [0.5, 0.6) is 0 Å². The second kappa shape index (κ2) is 7.43. The quantitative estimate of drug-likeness (QED) is 0.785. The zero-order valence-electron chi connectivity index (χ0n) is 14.0. The first-order chi connectivity index (χ1) is 9.30. The molecule has 1 unspecified atom stereocenters. The Balaban J connectivity index is 4.60. The van der Waals surface area contributed by atoms with E-state index in [2.05, 4.69) is 5.32 Å². The van der Waals surface area contributed by atoms with Crippen molar-refractivity contribution in [2.24, 2.45) is 0 Å². The van der Waals surface area contributed by atoms with Gasteiger partial charge in [-0.2, -0.15) is 0 Å². The molecular formula is C15H27NO5. The second-order valence-electron chi connectivity index (χ2n) is 6.91. The van der Waals surface area contributed by atoms with E-state index in [0.29, 0.717) is 0 Å². The molecule has 0 heterocycles. The maximum atomic E-state index is 12.0. The van der Waals surface area contributed by atoms with Gasteiger partial charge in [-0.1, -0.05) is 0 Å². The number of nitrogens with one attached hydrogen (secondary N) is 1. The fourth-order valence-corrected chi connectivity index (χ4v) is 1.52. The fraction of sp³-hybridized carbons (Fsp3) is 0.800. The summed E-state index contributed by atoms with van der Waals surface area (Å²) in [7, 11) is 0. The van der Waals surface area contributed by atoms with Crippen molar-refractivity contribution in [3.8, 4) is 0 Å². The van der Waals surface area contributed by atoms with Crippen LogP contribution in [0.15, 0.2) is 0 Å². The van der Waals surface area contributed by atoms with Gasteiger partial charge in [0.1, 0.15) is 17.2 Å². The molecule has 21 heavy (non-hydrogen) atoms. The van der Waals surface area contributed by atoms with Gasteiger partial charge in [0.05, 0.1) is 0 Å². The third kappa shape index (κ3) is 10.8. The summed E-state index contributed by atoms with van der Waals surface area (Å²) in [4.78, 5) is 34.8. The molecule has 0 spiro atoms. The Labute approximate surface area is 126 Å². The number of hydrogen-bond donors (Lipinski definition) is 1. The van der Waals surface area contributed by atoms with Crippen LogP contribution in [0.4, 0.5) is 0 Å². The van der Waals surface area contributed by atoms with Crippen molar-refractivity contribution in [1.29, 1.82) is 0 Å². The lowest BCUT2D eigenvalue weighted by molar-refractivity contribution is -0.160. The molecule has 1 atom stereocenters. The summed E-state index contributed by atoms with van der Waals surface area (Å²) in [6.45, 7) is 11.8. The minimum absolute atomic E-state index is 0.0292. The molecule has 0 aromatic rings. The summed E-state index contributed by atoms with van der Waals surface area (Å²) in [5, 5.41) is 2.50. The zero-order valence-corrected chi connectivity index (χ0v) is 14.0. The van der Waals surface area contributed by atoms with Crippen LogP contribution in [0.2, 0.25) is 0 Å². The summed E-state index contributed by atoms with van der Waals surface area (Å²) >= 11 is 0. The Bertz CT molecular complexity index is 390. The van der Waals surface area contributed by atoms with Crippen molar-refractivity contribution in [1.82, 2.24) is 5.32 Å². The second-order valence-corrected chi connectivity index (χ2v) is 6.91. The lowest BCUT2D eigenvalue weighted by atomic mass is 10.1. The molecular weight excluding hydrogens is 274 g/mol.